The van der Waals surface area contributed by atoms with Crippen LogP contribution in [0.1, 0.15) is 27.2 Å². The first-order valence-corrected chi connectivity index (χ1v) is 11.0. The van der Waals surface area contributed by atoms with Crippen LogP contribution in [0.2, 0.25) is 0 Å². The molecule has 0 fully saturated rings. The lowest BCUT2D eigenvalue weighted by atomic mass is 9.96. The van der Waals surface area contributed by atoms with Crippen LogP contribution in [0, 0.1) is 13.8 Å². The lowest BCUT2D eigenvalue weighted by Crippen LogP contribution is -2.06. The van der Waals surface area contributed by atoms with Crippen molar-refractivity contribution >= 4 is 15.6 Å². The molecule has 5 heteroatoms. The summed E-state index contributed by atoms with van der Waals surface area (Å²) >= 11 is 0. The minimum atomic E-state index is -3.97. The number of hydrogen-bond acceptors (Lipinski definition) is 4. The number of rotatable bonds is 5. The van der Waals surface area contributed by atoms with E-state index in [0.29, 0.717) is 16.7 Å². The molecule has 4 nitrogen and oxygen atoms in total. The van der Waals surface area contributed by atoms with Crippen molar-refractivity contribution in [3.05, 3.63) is 107 Å². The number of sulfone groups is 1. The summed E-state index contributed by atoms with van der Waals surface area (Å²) in [7, 11) is -3.97. The van der Waals surface area contributed by atoms with Gasteiger partial charge in [0.15, 0.2) is 5.78 Å². The van der Waals surface area contributed by atoms with Crippen molar-refractivity contribution < 1.29 is 17.6 Å². The number of ketones is 1. The van der Waals surface area contributed by atoms with Crippen LogP contribution in [0.25, 0.3) is 11.1 Å². The van der Waals surface area contributed by atoms with E-state index in [-0.39, 0.29) is 27.1 Å². The summed E-state index contributed by atoms with van der Waals surface area (Å²) < 4.78 is 32.7. The SMILES string of the molecule is Cc1ccc(S(=O)(=O)c2oc(C)c(C(=O)c3ccccc3)c2-c2ccccc2)cc1. The van der Waals surface area contributed by atoms with E-state index >= 15 is 0 Å². The predicted molar refractivity (Wildman–Crippen MR) is 115 cm³/mol. The highest BCUT2D eigenvalue weighted by Crippen LogP contribution is 2.39. The maximum Gasteiger partial charge on any atom is 0.240 e. The Kier molecular flexibility index (Phi) is 5.14. The van der Waals surface area contributed by atoms with Crippen LogP contribution in [-0.4, -0.2) is 14.2 Å². The molecule has 0 atom stereocenters. The van der Waals surface area contributed by atoms with Gasteiger partial charge < -0.3 is 4.42 Å². The molecule has 4 aromatic rings. The first-order chi connectivity index (χ1) is 14.4. The maximum atomic E-state index is 13.5. The third-order valence-corrected chi connectivity index (χ3v) is 6.62. The summed E-state index contributed by atoms with van der Waals surface area (Å²) in [5.74, 6) is -0.00514. The fourth-order valence-electron chi connectivity index (χ4n) is 3.41. The summed E-state index contributed by atoms with van der Waals surface area (Å²) in [5.41, 5.74) is 2.59. The number of benzene rings is 3. The zero-order chi connectivity index (χ0) is 21.3. The predicted octanol–water partition coefficient (Wildman–Crippen LogP) is 5.63. The number of aryl methyl sites for hydroxylation is 2. The number of carbonyl (C=O) groups is 1. The number of hydrogen-bond donors (Lipinski definition) is 0. The molecule has 0 aliphatic carbocycles. The van der Waals surface area contributed by atoms with Gasteiger partial charge in [0.05, 0.1) is 16.0 Å². The van der Waals surface area contributed by atoms with E-state index in [0.717, 1.165) is 5.56 Å². The molecule has 3 aromatic carbocycles. The molecule has 0 saturated carbocycles. The first-order valence-electron chi connectivity index (χ1n) is 9.50. The minimum Gasteiger partial charge on any atom is -0.448 e. The van der Waals surface area contributed by atoms with Crippen LogP contribution >= 0.6 is 0 Å². The highest BCUT2D eigenvalue weighted by Gasteiger charge is 2.33. The van der Waals surface area contributed by atoms with Crippen LogP contribution in [0.3, 0.4) is 0 Å². The van der Waals surface area contributed by atoms with E-state index in [1.807, 2.05) is 19.1 Å². The minimum absolute atomic E-state index is 0.123. The van der Waals surface area contributed by atoms with Gasteiger partial charge >= 0.3 is 0 Å². The van der Waals surface area contributed by atoms with Gasteiger partial charge in [0.25, 0.3) is 0 Å². The van der Waals surface area contributed by atoms with Gasteiger partial charge in [-0.25, -0.2) is 8.42 Å². The Hall–Kier alpha value is -3.44. The monoisotopic (exact) mass is 416 g/mol. The molecule has 0 spiro atoms. The van der Waals surface area contributed by atoms with Crippen molar-refractivity contribution in [1.82, 2.24) is 0 Å². The van der Waals surface area contributed by atoms with Gasteiger partial charge in [-0.3, -0.25) is 4.79 Å². The second-order valence-electron chi connectivity index (χ2n) is 7.07. The zero-order valence-corrected chi connectivity index (χ0v) is 17.4. The van der Waals surface area contributed by atoms with E-state index in [4.69, 9.17) is 4.42 Å². The van der Waals surface area contributed by atoms with Gasteiger partial charge in [0.1, 0.15) is 5.76 Å². The molecule has 0 amide bonds. The summed E-state index contributed by atoms with van der Waals surface area (Å²) in [6.07, 6.45) is 0. The molecule has 0 saturated heterocycles. The van der Waals surface area contributed by atoms with E-state index in [1.165, 1.54) is 0 Å². The third-order valence-electron chi connectivity index (χ3n) is 4.95. The molecule has 0 unspecified atom stereocenters. The fourth-order valence-corrected chi connectivity index (χ4v) is 4.84. The van der Waals surface area contributed by atoms with Crippen LogP contribution < -0.4 is 0 Å². The fraction of sp³-hybridized carbons (Fsp3) is 0.0800. The molecule has 0 aliphatic rings. The Bertz CT molecular complexity index is 1300. The van der Waals surface area contributed by atoms with Gasteiger partial charge in [-0.2, -0.15) is 0 Å². The van der Waals surface area contributed by atoms with Crippen LogP contribution in [0.5, 0.6) is 0 Å². The van der Waals surface area contributed by atoms with Gasteiger partial charge in [-0.05, 0) is 31.5 Å². The average molecular weight is 416 g/mol. The maximum absolute atomic E-state index is 13.5. The van der Waals surface area contributed by atoms with Crippen LogP contribution in [0.15, 0.2) is 99.3 Å². The molecular weight excluding hydrogens is 396 g/mol. The van der Waals surface area contributed by atoms with Gasteiger partial charge in [0, 0.05) is 5.56 Å². The lowest BCUT2D eigenvalue weighted by Gasteiger charge is -2.08. The topological polar surface area (TPSA) is 64.3 Å². The van der Waals surface area contributed by atoms with Crippen molar-refractivity contribution in [3.8, 4) is 11.1 Å². The lowest BCUT2D eigenvalue weighted by molar-refractivity contribution is 0.103. The Labute approximate surface area is 175 Å². The second kappa shape index (κ2) is 7.76. The highest BCUT2D eigenvalue weighted by atomic mass is 32.2. The Morgan fingerprint density at radius 2 is 1.33 bits per heavy atom. The highest BCUT2D eigenvalue weighted by molar-refractivity contribution is 7.91. The van der Waals surface area contributed by atoms with Crippen LogP contribution in [-0.2, 0) is 9.84 Å². The Morgan fingerprint density at radius 3 is 1.93 bits per heavy atom. The van der Waals surface area contributed by atoms with Crippen molar-refractivity contribution in [2.24, 2.45) is 0 Å². The second-order valence-corrected chi connectivity index (χ2v) is 8.92. The zero-order valence-electron chi connectivity index (χ0n) is 16.6. The normalized spacial score (nSPS) is 11.4. The standard InChI is InChI=1S/C25H20O4S/c1-17-13-15-21(16-14-17)30(27,28)25-23(19-9-5-3-6-10-19)22(18(2)29-25)24(26)20-11-7-4-8-12-20/h3-16H,1-2H3. The summed E-state index contributed by atoms with van der Waals surface area (Å²) in [5, 5.41) is -0.214. The first kappa shape index (κ1) is 19.9. The average Bonchev–Trinajstić information content (AvgIpc) is 3.12. The third kappa shape index (κ3) is 3.48. The van der Waals surface area contributed by atoms with Crippen molar-refractivity contribution in [2.45, 2.75) is 23.8 Å². The van der Waals surface area contributed by atoms with Crippen molar-refractivity contribution in [1.29, 1.82) is 0 Å². The Morgan fingerprint density at radius 1 is 0.767 bits per heavy atom. The smallest absolute Gasteiger partial charge is 0.240 e. The molecule has 0 radical (unpaired) electrons. The molecule has 1 aromatic heterocycles. The Balaban J connectivity index is 1.99. The van der Waals surface area contributed by atoms with Crippen LogP contribution in [0.4, 0.5) is 0 Å². The van der Waals surface area contributed by atoms with E-state index in [9.17, 15) is 13.2 Å². The summed E-state index contributed by atoms with van der Waals surface area (Å²) in [6.45, 7) is 3.51. The van der Waals surface area contributed by atoms with Crippen molar-refractivity contribution in [3.63, 3.8) is 0 Å². The molecule has 0 aliphatic heterocycles. The largest absolute Gasteiger partial charge is 0.448 e. The molecule has 30 heavy (non-hydrogen) atoms. The van der Waals surface area contributed by atoms with E-state index in [1.54, 1.807) is 79.7 Å². The molecule has 0 bridgehead atoms. The van der Waals surface area contributed by atoms with Gasteiger partial charge in [0.2, 0.25) is 14.9 Å². The number of furan rings is 1. The summed E-state index contributed by atoms with van der Waals surface area (Å²) in [4.78, 5) is 13.5. The van der Waals surface area contributed by atoms with Gasteiger partial charge in [-0.1, -0.05) is 78.4 Å². The van der Waals surface area contributed by atoms with E-state index in [2.05, 4.69) is 0 Å². The number of carbonyl (C=O) groups excluding carboxylic acids is 1. The van der Waals surface area contributed by atoms with E-state index < -0.39 is 9.84 Å². The van der Waals surface area contributed by atoms with Gasteiger partial charge in [-0.15, -0.1) is 0 Å². The molecule has 1 heterocycles. The van der Waals surface area contributed by atoms with Crippen molar-refractivity contribution in [2.75, 3.05) is 0 Å². The molecular formula is C25H20O4S. The quantitative estimate of drug-likeness (QED) is 0.396. The molecule has 150 valence electrons. The summed E-state index contributed by atoms with van der Waals surface area (Å²) in [6, 6.07) is 24.4. The molecule has 4 rings (SSSR count). The molecule has 0 N–H and O–H groups in total.